The third-order valence-electron chi connectivity index (χ3n) is 5.76. The van der Waals surface area contributed by atoms with E-state index in [9.17, 15) is 0 Å². The Bertz CT molecular complexity index is 904. The normalized spacial score (nSPS) is 14.2. The van der Waals surface area contributed by atoms with E-state index < -0.39 is 0 Å². The number of nitrogens with one attached hydrogen (secondary N) is 2. The SMILES string of the molecule is C=C(CCC(C)N)NCCCCNC(=C)c1ccc2c(Cl)c3c(nc2c1)CCCC3. The standard InChI is InChI=1S/C25H35ClN4/c1-17(27)10-11-18(2)28-14-6-7-15-29-19(3)20-12-13-22-24(16-20)30-23-9-5-4-8-21(23)25(22)26/h12-13,16-17,28-29H,2-11,14-15,27H2,1H3. The molecule has 1 aromatic heterocycles. The molecule has 4 nitrogen and oxygen atoms in total. The number of benzene rings is 1. The van der Waals surface area contributed by atoms with Crippen molar-refractivity contribution in [3.05, 3.63) is 58.9 Å². The van der Waals surface area contributed by atoms with E-state index in [1.165, 1.54) is 24.1 Å². The first-order valence-electron chi connectivity index (χ1n) is 11.2. The van der Waals surface area contributed by atoms with Crippen molar-refractivity contribution in [2.75, 3.05) is 13.1 Å². The molecule has 162 valence electrons. The van der Waals surface area contributed by atoms with Crippen molar-refractivity contribution in [3.8, 4) is 0 Å². The van der Waals surface area contributed by atoms with Crippen LogP contribution in [0.4, 0.5) is 0 Å². The van der Waals surface area contributed by atoms with Crippen LogP contribution in [0.2, 0.25) is 5.02 Å². The van der Waals surface area contributed by atoms with Crippen LogP contribution in [-0.4, -0.2) is 24.1 Å². The number of aromatic nitrogens is 1. The Morgan fingerprint density at radius 3 is 2.67 bits per heavy atom. The number of hydrogen-bond acceptors (Lipinski definition) is 4. The summed E-state index contributed by atoms with van der Waals surface area (Å²) in [5.41, 5.74) is 12.3. The summed E-state index contributed by atoms with van der Waals surface area (Å²) in [5.74, 6) is 0. The average molecular weight is 427 g/mol. The van der Waals surface area contributed by atoms with Gasteiger partial charge in [0.1, 0.15) is 0 Å². The monoisotopic (exact) mass is 426 g/mol. The molecule has 1 aliphatic carbocycles. The topological polar surface area (TPSA) is 63.0 Å². The number of aryl methyl sites for hydroxylation is 1. The summed E-state index contributed by atoms with van der Waals surface area (Å²) in [6.45, 7) is 12.1. The van der Waals surface area contributed by atoms with Crippen molar-refractivity contribution in [2.24, 2.45) is 5.73 Å². The second-order valence-corrected chi connectivity index (χ2v) is 8.83. The van der Waals surface area contributed by atoms with E-state index in [-0.39, 0.29) is 6.04 Å². The molecule has 0 saturated heterocycles. The molecule has 1 aliphatic rings. The van der Waals surface area contributed by atoms with Gasteiger partial charge in [0.2, 0.25) is 0 Å². The van der Waals surface area contributed by atoms with Gasteiger partial charge in [-0.2, -0.15) is 0 Å². The molecule has 30 heavy (non-hydrogen) atoms. The van der Waals surface area contributed by atoms with Crippen molar-refractivity contribution in [1.82, 2.24) is 15.6 Å². The van der Waals surface area contributed by atoms with Crippen molar-refractivity contribution in [1.29, 1.82) is 0 Å². The highest BCUT2D eigenvalue weighted by atomic mass is 35.5. The van der Waals surface area contributed by atoms with E-state index in [1.54, 1.807) is 0 Å². The molecule has 0 aliphatic heterocycles. The van der Waals surface area contributed by atoms with Gasteiger partial charge in [0.15, 0.2) is 0 Å². The first-order chi connectivity index (χ1) is 14.5. The zero-order valence-corrected chi connectivity index (χ0v) is 19.0. The second-order valence-electron chi connectivity index (χ2n) is 8.45. The zero-order valence-electron chi connectivity index (χ0n) is 18.2. The van der Waals surface area contributed by atoms with Gasteiger partial charge in [-0.15, -0.1) is 0 Å². The van der Waals surface area contributed by atoms with Gasteiger partial charge >= 0.3 is 0 Å². The summed E-state index contributed by atoms with van der Waals surface area (Å²) >= 11 is 6.68. The molecule has 5 heteroatoms. The number of hydrogen-bond donors (Lipinski definition) is 3. The molecule has 1 atom stereocenters. The minimum atomic E-state index is 0.227. The minimum absolute atomic E-state index is 0.227. The third-order valence-corrected chi connectivity index (χ3v) is 6.19. The number of fused-ring (bicyclic) bond motifs is 2. The predicted octanol–water partition coefficient (Wildman–Crippen LogP) is 5.34. The van der Waals surface area contributed by atoms with Crippen LogP contribution < -0.4 is 16.4 Å². The molecule has 2 aromatic rings. The molecule has 1 heterocycles. The molecule has 0 amide bonds. The molecular weight excluding hydrogens is 392 g/mol. The van der Waals surface area contributed by atoms with Gasteiger partial charge in [0, 0.05) is 41.6 Å². The highest BCUT2D eigenvalue weighted by molar-refractivity contribution is 6.36. The summed E-state index contributed by atoms with van der Waals surface area (Å²) in [6.07, 6.45) is 8.54. The Morgan fingerprint density at radius 2 is 1.90 bits per heavy atom. The van der Waals surface area contributed by atoms with E-state index in [2.05, 4.69) is 42.0 Å². The Hall–Kier alpha value is -2.04. The van der Waals surface area contributed by atoms with E-state index in [4.69, 9.17) is 22.3 Å². The van der Waals surface area contributed by atoms with Gasteiger partial charge in [-0.1, -0.05) is 36.9 Å². The number of allylic oxidation sites excluding steroid dienone is 1. The number of unbranched alkanes of at least 4 members (excludes halogenated alkanes) is 1. The molecule has 0 radical (unpaired) electrons. The highest BCUT2D eigenvalue weighted by Gasteiger charge is 2.17. The fourth-order valence-corrected chi connectivity index (χ4v) is 4.26. The fraction of sp³-hybridized carbons (Fsp3) is 0.480. The van der Waals surface area contributed by atoms with Gasteiger partial charge in [0.05, 0.1) is 10.5 Å². The van der Waals surface area contributed by atoms with Gasteiger partial charge < -0.3 is 16.4 Å². The van der Waals surface area contributed by atoms with Crippen molar-refractivity contribution in [3.63, 3.8) is 0 Å². The number of rotatable bonds is 11. The Balaban J connectivity index is 1.47. The van der Waals surface area contributed by atoms with Crippen LogP contribution in [0.25, 0.3) is 16.6 Å². The first-order valence-corrected chi connectivity index (χ1v) is 11.5. The quantitative estimate of drug-likeness (QED) is 0.424. The van der Waals surface area contributed by atoms with E-state index in [0.717, 1.165) is 84.5 Å². The molecule has 0 fully saturated rings. The maximum Gasteiger partial charge on any atom is 0.0727 e. The van der Waals surface area contributed by atoms with Gasteiger partial charge in [-0.25, -0.2) is 0 Å². The van der Waals surface area contributed by atoms with Crippen LogP contribution in [-0.2, 0) is 12.8 Å². The van der Waals surface area contributed by atoms with Crippen LogP contribution in [0, 0.1) is 0 Å². The third kappa shape index (κ3) is 5.99. The van der Waals surface area contributed by atoms with Crippen LogP contribution >= 0.6 is 11.6 Å². The first kappa shape index (κ1) is 22.6. The summed E-state index contributed by atoms with van der Waals surface area (Å²) in [4.78, 5) is 4.91. The Kier molecular flexibility index (Phi) is 8.17. The largest absolute Gasteiger partial charge is 0.389 e. The average Bonchev–Trinajstić information content (AvgIpc) is 2.74. The number of pyridine rings is 1. The molecule has 1 aromatic carbocycles. The van der Waals surface area contributed by atoms with Gasteiger partial charge in [-0.05, 0) is 75.5 Å². The van der Waals surface area contributed by atoms with Gasteiger partial charge in [0.25, 0.3) is 0 Å². The van der Waals surface area contributed by atoms with Crippen LogP contribution in [0.3, 0.4) is 0 Å². The molecule has 0 bridgehead atoms. The van der Waals surface area contributed by atoms with Crippen LogP contribution in [0.1, 0.15) is 62.3 Å². The molecular formula is C25H35ClN4. The number of halogens is 1. The van der Waals surface area contributed by atoms with Gasteiger partial charge in [-0.3, -0.25) is 4.98 Å². The smallest absolute Gasteiger partial charge is 0.0727 e. The summed E-state index contributed by atoms with van der Waals surface area (Å²) in [6, 6.07) is 6.50. The zero-order chi connectivity index (χ0) is 21.5. The fourth-order valence-electron chi connectivity index (χ4n) is 3.90. The number of nitrogens with zero attached hydrogens (tertiary/aromatic N) is 1. The second kappa shape index (κ2) is 10.8. The predicted molar refractivity (Wildman–Crippen MR) is 130 cm³/mol. The van der Waals surface area contributed by atoms with E-state index >= 15 is 0 Å². The lowest BCUT2D eigenvalue weighted by atomic mass is 9.94. The van der Waals surface area contributed by atoms with Crippen molar-refractivity contribution < 1.29 is 0 Å². The lowest BCUT2D eigenvalue weighted by molar-refractivity contribution is 0.610. The van der Waals surface area contributed by atoms with E-state index in [0.29, 0.717) is 0 Å². The molecule has 0 saturated carbocycles. The summed E-state index contributed by atoms with van der Waals surface area (Å²) < 4.78 is 0. The van der Waals surface area contributed by atoms with Crippen molar-refractivity contribution in [2.45, 2.75) is 64.3 Å². The maximum absolute atomic E-state index is 6.68. The van der Waals surface area contributed by atoms with Crippen LogP contribution in [0.15, 0.2) is 37.1 Å². The molecule has 3 rings (SSSR count). The minimum Gasteiger partial charge on any atom is -0.389 e. The number of nitrogens with two attached hydrogens (primary N) is 1. The lowest BCUT2D eigenvalue weighted by Gasteiger charge is -2.18. The van der Waals surface area contributed by atoms with Crippen molar-refractivity contribution >= 4 is 28.2 Å². The molecule has 4 N–H and O–H groups in total. The Labute approximate surface area is 186 Å². The van der Waals surface area contributed by atoms with Crippen LogP contribution in [0.5, 0.6) is 0 Å². The maximum atomic E-state index is 6.68. The molecule has 0 spiro atoms. The highest BCUT2D eigenvalue weighted by Crippen LogP contribution is 2.33. The molecule has 1 unspecified atom stereocenters. The Morgan fingerprint density at radius 1 is 1.17 bits per heavy atom. The summed E-state index contributed by atoms with van der Waals surface area (Å²) in [5, 5.41) is 8.76. The summed E-state index contributed by atoms with van der Waals surface area (Å²) in [7, 11) is 0. The lowest BCUT2D eigenvalue weighted by Crippen LogP contribution is -2.20. The van der Waals surface area contributed by atoms with E-state index in [1.807, 2.05) is 6.92 Å².